The van der Waals surface area contributed by atoms with Gasteiger partial charge < -0.3 is 10.6 Å². The van der Waals surface area contributed by atoms with Crippen molar-refractivity contribution in [3.05, 3.63) is 47.6 Å². The minimum atomic E-state index is 0.337. The van der Waals surface area contributed by atoms with Crippen LogP contribution in [0.3, 0.4) is 0 Å². The molecule has 116 valence electrons. The number of hydrogen-bond acceptors (Lipinski definition) is 3. The number of nitrogens with one attached hydrogen (secondary N) is 2. The second-order valence-electron chi connectivity index (χ2n) is 4.82. The fourth-order valence-electron chi connectivity index (χ4n) is 1.67. The van der Waals surface area contributed by atoms with Gasteiger partial charge in [0.1, 0.15) is 5.03 Å². The van der Waals surface area contributed by atoms with E-state index in [9.17, 15) is 0 Å². The molecule has 0 aliphatic carbocycles. The van der Waals surface area contributed by atoms with Crippen LogP contribution < -0.4 is 10.6 Å². The highest BCUT2D eigenvalue weighted by Crippen LogP contribution is 2.32. The molecule has 1 heterocycles. The quantitative estimate of drug-likeness (QED) is 0.744. The summed E-state index contributed by atoms with van der Waals surface area (Å²) in [6.07, 6.45) is 2.79. The average Bonchev–Trinajstić information content (AvgIpc) is 2.51. The smallest absolute Gasteiger partial charge is 0.171 e. The summed E-state index contributed by atoms with van der Waals surface area (Å²) in [7, 11) is 0. The number of nitrogens with zero attached hydrogens (tertiary/aromatic N) is 1. The number of thiocarbonyl (C=S) groups is 1. The van der Waals surface area contributed by atoms with Gasteiger partial charge in [-0.1, -0.05) is 30.3 Å². The molecule has 22 heavy (non-hydrogen) atoms. The Kier molecular flexibility index (Phi) is 6.49. The maximum Gasteiger partial charge on any atom is 0.171 e. The molecule has 0 amide bonds. The number of hydrogen-bond donors (Lipinski definition) is 2. The summed E-state index contributed by atoms with van der Waals surface area (Å²) in [5.74, 6) is 0. The fourth-order valence-corrected chi connectivity index (χ4v) is 2.94. The molecule has 1 aromatic heterocycles. The molecule has 0 bridgehead atoms. The molecule has 0 spiro atoms. The molecule has 6 heteroatoms. The predicted octanol–water partition coefficient (Wildman–Crippen LogP) is 4.97. The molecular formula is C16H18ClN3S2. The molecule has 3 nitrogen and oxygen atoms in total. The lowest BCUT2D eigenvalue weighted by Gasteiger charge is -2.16. The first-order valence-electron chi connectivity index (χ1n) is 7.04. The predicted molar refractivity (Wildman–Crippen MR) is 98.9 cm³/mol. The van der Waals surface area contributed by atoms with Crippen LogP contribution in [0.15, 0.2) is 52.5 Å². The van der Waals surface area contributed by atoms with Crippen molar-refractivity contribution < 1.29 is 0 Å². The van der Waals surface area contributed by atoms with E-state index in [1.165, 1.54) is 0 Å². The summed E-state index contributed by atoms with van der Waals surface area (Å²) in [6, 6.07) is 11.9. The van der Waals surface area contributed by atoms with Crippen LogP contribution >= 0.6 is 35.6 Å². The Morgan fingerprint density at radius 1 is 1.32 bits per heavy atom. The van der Waals surface area contributed by atoms with E-state index in [0.29, 0.717) is 11.2 Å². The highest BCUT2D eigenvalue weighted by molar-refractivity contribution is 7.99. The number of anilines is 1. The Morgan fingerprint density at radius 2 is 2.05 bits per heavy atom. The Balaban J connectivity index is 2.09. The van der Waals surface area contributed by atoms with Crippen LogP contribution in [-0.4, -0.2) is 16.1 Å². The van der Waals surface area contributed by atoms with Crippen LogP contribution in [0, 0.1) is 0 Å². The molecule has 0 saturated heterocycles. The molecule has 0 unspecified atom stereocenters. The second-order valence-corrected chi connectivity index (χ2v) is 6.73. The molecule has 0 radical (unpaired) electrons. The second kappa shape index (κ2) is 8.36. The molecule has 1 atom stereocenters. The highest BCUT2D eigenvalue weighted by atomic mass is 35.5. The first-order chi connectivity index (χ1) is 10.6. The van der Waals surface area contributed by atoms with Gasteiger partial charge in [0.2, 0.25) is 0 Å². The molecule has 2 rings (SSSR count). The van der Waals surface area contributed by atoms with Crippen molar-refractivity contribution in [1.82, 2.24) is 10.3 Å². The Bertz CT molecular complexity index is 632. The molecule has 0 fully saturated rings. The van der Waals surface area contributed by atoms with Gasteiger partial charge in [-0.25, -0.2) is 4.98 Å². The van der Waals surface area contributed by atoms with Crippen molar-refractivity contribution in [2.75, 3.05) is 5.32 Å². The molecule has 0 aliphatic heterocycles. The van der Waals surface area contributed by atoms with Crippen molar-refractivity contribution in [1.29, 1.82) is 0 Å². The maximum absolute atomic E-state index is 5.91. The molecule has 0 aliphatic rings. The number of benzene rings is 1. The molecule has 2 N–H and O–H groups in total. The van der Waals surface area contributed by atoms with Crippen molar-refractivity contribution in [2.24, 2.45) is 0 Å². The zero-order valence-electron chi connectivity index (χ0n) is 12.5. The first-order valence-corrected chi connectivity index (χ1v) is 8.64. The van der Waals surface area contributed by atoms with Gasteiger partial charge in [0, 0.05) is 22.2 Å². The Hall–Kier alpha value is -1.30. The SMILES string of the molecule is CC[C@H](C)NC(=S)Nc1cccnc1Sc1ccc(Cl)cc1. The third-order valence-corrected chi connectivity index (χ3v) is 4.54. The van der Waals surface area contributed by atoms with Crippen molar-refractivity contribution in [2.45, 2.75) is 36.2 Å². The lowest BCUT2D eigenvalue weighted by Crippen LogP contribution is -2.35. The van der Waals surface area contributed by atoms with Gasteiger partial charge in [-0.15, -0.1) is 0 Å². The molecular weight excluding hydrogens is 334 g/mol. The van der Waals surface area contributed by atoms with Gasteiger partial charge in [0.15, 0.2) is 5.11 Å². The van der Waals surface area contributed by atoms with Crippen LogP contribution in [0.1, 0.15) is 20.3 Å². The van der Waals surface area contributed by atoms with Crippen molar-refractivity contribution in [3.63, 3.8) is 0 Å². The summed E-state index contributed by atoms with van der Waals surface area (Å²) in [5, 5.41) is 8.67. The number of halogens is 1. The molecule has 2 aromatic rings. The molecule has 0 saturated carbocycles. The monoisotopic (exact) mass is 351 g/mol. The first kappa shape index (κ1) is 17.1. The van der Waals surface area contributed by atoms with Gasteiger partial charge in [-0.2, -0.15) is 0 Å². The fraction of sp³-hybridized carbons (Fsp3) is 0.250. The van der Waals surface area contributed by atoms with Gasteiger partial charge in [-0.3, -0.25) is 0 Å². The van der Waals surface area contributed by atoms with E-state index >= 15 is 0 Å². The average molecular weight is 352 g/mol. The van der Waals surface area contributed by atoms with E-state index in [1.807, 2.05) is 36.4 Å². The van der Waals surface area contributed by atoms with Gasteiger partial charge >= 0.3 is 0 Å². The summed E-state index contributed by atoms with van der Waals surface area (Å²) in [6.45, 7) is 4.22. The van der Waals surface area contributed by atoms with Crippen LogP contribution in [0.25, 0.3) is 0 Å². The highest BCUT2D eigenvalue weighted by Gasteiger charge is 2.08. The zero-order valence-corrected chi connectivity index (χ0v) is 14.9. The Labute approximate surface area is 145 Å². The summed E-state index contributed by atoms with van der Waals surface area (Å²) in [5.41, 5.74) is 0.892. The largest absolute Gasteiger partial charge is 0.360 e. The maximum atomic E-state index is 5.91. The van der Waals surface area contributed by atoms with Gasteiger partial charge in [0.25, 0.3) is 0 Å². The number of aromatic nitrogens is 1. The van der Waals surface area contributed by atoms with Gasteiger partial charge in [-0.05, 0) is 62.0 Å². The lowest BCUT2D eigenvalue weighted by molar-refractivity contribution is 0.646. The van der Waals surface area contributed by atoms with Crippen molar-refractivity contribution >= 4 is 46.4 Å². The van der Waals surface area contributed by atoms with Crippen molar-refractivity contribution in [3.8, 4) is 0 Å². The van der Waals surface area contributed by atoms with Crippen LogP contribution in [0.5, 0.6) is 0 Å². The van der Waals surface area contributed by atoms with E-state index in [0.717, 1.165) is 27.1 Å². The van der Waals surface area contributed by atoms with E-state index < -0.39 is 0 Å². The zero-order chi connectivity index (χ0) is 15.9. The van der Waals surface area contributed by atoms with E-state index in [2.05, 4.69) is 29.5 Å². The Morgan fingerprint density at radius 3 is 2.73 bits per heavy atom. The minimum Gasteiger partial charge on any atom is -0.360 e. The van der Waals surface area contributed by atoms with E-state index in [-0.39, 0.29) is 0 Å². The normalized spacial score (nSPS) is 11.8. The summed E-state index contributed by atoms with van der Waals surface area (Å²) >= 11 is 12.8. The van der Waals surface area contributed by atoms with Crippen LogP contribution in [0.2, 0.25) is 5.02 Å². The van der Waals surface area contributed by atoms with E-state index in [4.69, 9.17) is 23.8 Å². The van der Waals surface area contributed by atoms with Crippen LogP contribution in [-0.2, 0) is 0 Å². The van der Waals surface area contributed by atoms with E-state index in [1.54, 1.807) is 18.0 Å². The third-order valence-electron chi connectivity index (χ3n) is 3.04. The summed E-state index contributed by atoms with van der Waals surface area (Å²) in [4.78, 5) is 5.50. The van der Waals surface area contributed by atoms with Gasteiger partial charge in [0.05, 0.1) is 5.69 Å². The minimum absolute atomic E-state index is 0.337. The topological polar surface area (TPSA) is 37.0 Å². The lowest BCUT2D eigenvalue weighted by atomic mass is 10.3. The molecule has 1 aromatic carbocycles. The van der Waals surface area contributed by atoms with Crippen LogP contribution in [0.4, 0.5) is 5.69 Å². The number of pyridine rings is 1. The summed E-state index contributed by atoms with van der Waals surface area (Å²) < 4.78 is 0. The number of rotatable bonds is 5. The standard InChI is InChI=1S/C16H18ClN3S2/c1-3-11(2)19-16(21)20-14-5-4-10-18-15(14)22-13-8-6-12(17)7-9-13/h4-11H,3H2,1-2H3,(H2,19,20,21)/t11-/m0/s1. The third kappa shape index (κ3) is 5.16.